The highest BCUT2D eigenvalue weighted by atomic mass is 19.4. The van der Waals surface area contributed by atoms with Crippen molar-refractivity contribution in [2.75, 3.05) is 5.32 Å². The molecule has 136 valence electrons. The Morgan fingerprint density at radius 3 is 1.48 bits per heavy atom. The van der Waals surface area contributed by atoms with Gasteiger partial charge in [0.1, 0.15) is 0 Å². The molecule has 2 rings (SSSR count). The molecule has 0 saturated heterocycles. The minimum atomic E-state index is -4.95. The van der Waals surface area contributed by atoms with E-state index in [9.17, 15) is 39.5 Å². The van der Waals surface area contributed by atoms with Crippen LogP contribution in [0.15, 0.2) is 42.5 Å². The number of rotatable bonds is 2. The molecule has 1 N–H and O–H groups in total. The fourth-order valence-corrected chi connectivity index (χ4v) is 1.97. The van der Waals surface area contributed by atoms with Gasteiger partial charge in [-0.3, -0.25) is 0 Å². The van der Waals surface area contributed by atoms with Crippen molar-refractivity contribution >= 4 is 11.4 Å². The molecule has 0 unspecified atom stereocenters. The first-order valence-electron chi connectivity index (χ1n) is 6.51. The third-order valence-electron chi connectivity index (χ3n) is 3.14. The van der Waals surface area contributed by atoms with Gasteiger partial charge in [0.2, 0.25) is 0 Å². The highest BCUT2D eigenvalue weighted by molar-refractivity contribution is 5.65. The Balaban J connectivity index is 2.43. The molecule has 0 aliphatic rings. The van der Waals surface area contributed by atoms with Crippen LogP contribution in [0.25, 0.3) is 0 Å². The Bertz CT molecular complexity index is 740. The van der Waals surface area contributed by atoms with Gasteiger partial charge in [0.05, 0.1) is 22.4 Å². The quantitative estimate of drug-likeness (QED) is 0.594. The third-order valence-corrected chi connectivity index (χ3v) is 3.14. The zero-order chi connectivity index (χ0) is 19.0. The van der Waals surface area contributed by atoms with E-state index in [-0.39, 0.29) is 23.9 Å². The lowest BCUT2D eigenvalue weighted by Gasteiger charge is -2.17. The van der Waals surface area contributed by atoms with Crippen molar-refractivity contribution in [3.8, 4) is 0 Å². The number of alkyl halides is 9. The van der Waals surface area contributed by atoms with Gasteiger partial charge in [0.15, 0.2) is 0 Å². The molecule has 10 heteroatoms. The molecule has 0 saturated carbocycles. The van der Waals surface area contributed by atoms with Crippen LogP contribution in [-0.4, -0.2) is 0 Å². The van der Waals surface area contributed by atoms with E-state index in [2.05, 4.69) is 5.32 Å². The van der Waals surface area contributed by atoms with Crippen LogP contribution in [0, 0.1) is 0 Å². The van der Waals surface area contributed by atoms with Gasteiger partial charge >= 0.3 is 18.5 Å². The van der Waals surface area contributed by atoms with Crippen LogP contribution in [0.1, 0.15) is 16.7 Å². The molecule has 2 aromatic rings. The van der Waals surface area contributed by atoms with Crippen molar-refractivity contribution in [2.24, 2.45) is 0 Å². The smallest absolute Gasteiger partial charge is 0.355 e. The van der Waals surface area contributed by atoms with Gasteiger partial charge in [-0.1, -0.05) is 0 Å². The Kier molecular flexibility index (Phi) is 4.67. The molecule has 0 spiro atoms. The Morgan fingerprint density at radius 2 is 1.04 bits per heavy atom. The summed E-state index contributed by atoms with van der Waals surface area (Å²) in [6, 6.07) is 3.63. The van der Waals surface area contributed by atoms with Crippen molar-refractivity contribution in [3.05, 3.63) is 59.2 Å². The van der Waals surface area contributed by atoms with E-state index in [0.29, 0.717) is 12.1 Å². The Labute approximate surface area is 135 Å². The standard InChI is InChI=1S/C15H8F9N/c16-13(17,18)8-1-4-10(5-2-8)25-12-7-9(14(19,20)21)3-6-11(12)15(22,23)24/h1-7,25H. The van der Waals surface area contributed by atoms with E-state index >= 15 is 0 Å². The normalized spacial score (nSPS) is 13.0. The van der Waals surface area contributed by atoms with E-state index in [1.807, 2.05) is 0 Å². The third kappa shape index (κ3) is 4.58. The second-order valence-electron chi connectivity index (χ2n) is 4.96. The van der Waals surface area contributed by atoms with Crippen molar-refractivity contribution in [1.29, 1.82) is 0 Å². The van der Waals surface area contributed by atoms with Gasteiger partial charge < -0.3 is 5.32 Å². The van der Waals surface area contributed by atoms with E-state index in [0.717, 1.165) is 12.1 Å². The lowest BCUT2D eigenvalue weighted by atomic mass is 10.1. The van der Waals surface area contributed by atoms with E-state index in [4.69, 9.17) is 0 Å². The summed E-state index contributed by atoms with van der Waals surface area (Å²) in [5, 5.41) is 2.08. The molecule has 2 aromatic carbocycles. The van der Waals surface area contributed by atoms with Crippen LogP contribution in [-0.2, 0) is 18.5 Å². The topological polar surface area (TPSA) is 12.0 Å². The highest BCUT2D eigenvalue weighted by Gasteiger charge is 2.37. The zero-order valence-corrected chi connectivity index (χ0v) is 11.9. The summed E-state index contributed by atoms with van der Waals surface area (Å²) in [6.07, 6.45) is -14.5. The SMILES string of the molecule is FC(F)(F)c1ccc(Nc2cc(C(F)(F)F)ccc2C(F)(F)F)cc1. The van der Waals surface area contributed by atoms with Crippen LogP contribution in [0.4, 0.5) is 50.9 Å². The summed E-state index contributed by atoms with van der Waals surface area (Å²) in [5.41, 5.74) is -4.88. The highest BCUT2D eigenvalue weighted by Crippen LogP contribution is 2.40. The molecule has 0 atom stereocenters. The molecule has 0 aliphatic heterocycles. The van der Waals surface area contributed by atoms with Gasteiger partial charge in [-0.15, -0.1) is 0 Å². The van der Waals surface area contributed by atoms with Crippen molar-refractivity contribution in [1.82, 2.24) is 0 Å². The Hall–Kier alpha value is -2.39. The summed E-state index contributed by atoms with van der Waals surface area (Å²) in [6.45, 7) is 0. The number of hydrogen-bond acceptors (Lipinski definition) is 1. The number of benzene rings is 2. The van der Waals surface area contributed by atoms with Gasteiger partial charge in [-0.05, 0) is 42.5 Å². The number of nitrogens with one attached hydrogen (secondary N) is 1. The second kappa shape index (κ2) is 6.16. The van der Waals surface area contributed by atoms with Crippen LogP contribution < -0.4 is 5.32 Å². The maximum Gasteiger partial charge on any atom is 0.418 e. The van der Waals surface area contributed by atoms with Crippen molar-refractivity contribution in [3.63, 3.8) is 0 Å². The minimum absolute atomic E-state index is 0.224. The first-order valence-corrected chi connectivity index (χ1v) is 6.51. The van der Waals surface area contributed by atoms with Gasteiger partial charge in [-0.25, -0.2) is 0 Å². The lowest BCUT2D eigenvalue weighted by molar-refractivity contribution is -0.140. The molecular weight excluding hydrogens is 365 g/mol. The maximum atomic E-state index is 12.9. The summed E-state index contributed by atoms with van der Waals surface area (Å²) in [5.74, 6) is 0. The molecule has 0 amide bonds. The summed E-state index contributed by atoms with van der Waals surface area (Å²) in [4.78, 5) is 0. The fraction of sp³-hybridized carbons (Fsp3) is 0.200. The summed E-state index contributed by atoms with van der Waals surface area (Å²) >= 11 is 0. The fourth-order valence-electron chi connectivity index (χ4n) is 1.97. The molecule has 0 bridgehead atoms. The van der Waals surface area contributed by atoms with Crippen LogP contribution in [0.5, 0.6) is 0 Å². The molecule has 25 heavy (non-hydrogen) atoms. The van der Waals surface area contributed by atoms with Crippen molar-refractivity contribution in [2.45, 2.75) is 18.5 Å². The molecule has 0 fully saturated rings. The van der Waals surface area contributed by atoms with Crippen LogP contribution in [0.2, 0.25) is 0 Å². The largest absolute Gasteiger partial charge is 0.418 e. The molecule has 0 radical (unpaired) electrons. The number of hydrogen-bond donors (Lipinski definition) is 1. The first kappa shape index (κ1) is 18.9. The molecule has 0 aromatic heterocycles. The lowest BCUT2D eigenvalue weighted by Crippen LogP contribution is -2.12. The molecule has 0 heterocycles. The summed E-state index contributed by atoms with van der Waals surface area (Å²) < 4.78 is 114. The van der Waals surface area contributed by atoms with Crippen LogP contribution in [0.3, 0.4) is 0 Å². The van der Waals surface area contributed by atoms with Gasteiger partial charge in [0.25, 0.3) is 0 Å². The van der Waals surface area contributed by atoms with Gasteiger partial charge in [-0.2, -0.15) is 39.5 Å². The zero-order valence-electron chi connectivity index (χ0n) is 11.9. The van der Waals surface area contributed by atoms with Crippen molar-refractivity contribution < 1.29 is 39.5 Å². The minimum Gasteiger partial charge on any atom is -0.355 e. The van der Waals surface area contributed by atoms with E-state index in [1.165, 1.54) is 0 Å². The average Bonchev–Trinajstić information content (AvgIpc) is 2.44. The predicted octanol–water partition coefficient (Wildman–Crippen LogP) is 6.49. The predicted molar refractivity (Wildman–Crippen MR) is 71.2 cm³/mol. The molecular formula is C15H8F9N. The number of anilines is 2. The monoisotopic (exact) mass is 373 g/mol. The Morgan fingerprint density at radius 1 is 0.560 bits per heavy atom. The van der Waals surface area contributed by atoms with Crippen LogP contribution >= 0.6 is 0 Å². The first-order chi connectivity index (χ1) is 11.3. The molecule has 1 nitrogen and oxygen atoms in total. The van der Waals surface area contributed by atoms with Gasteiger partial charge in [0, 0.05) is 5.69 Å². The van der Waals surface area contributed by atoms with E-state index in [1.54, 1.807) is 0 Å². The van der Waals surface area contributed by atoms with E-state index < -0.39 is 40.9 Å². The number of halogens is 9. The average molecular weight is 373 g/mol. The second-order valence-corrected chi connectivity index (χ2v) is 4.96. The molecule has 0 aliphatic carbocycles. The summed E-state index contributed by atoms with van der Waals surface area (Å²) in [7, 11) is 0. The maximum absolute atomic E-state index is 12.9.